The molecule has 0 fully saturated rings. The van der Waals surface area contributed by atoms with Gasteiger partial charge in [-0.1, -0.05) is 42.5 Å². The summed E-state index contributed by atoms with van der Waals surface area (Å²) in [6.45, 7) is 3.77. The molecule has 0 saturated heterocycles. The molecule has 0 aliphatic heterocycles. The largest absolute Gasteiger partial charge is 0.465 e. The molecule has 8 nitrogen and oxygen atoms in total. The number of benzene rings is 2. The van der Waals surface area contributed by atoms with Crippen molar-refractivity contribution < 1.29 is 19.2 Å². The molecule has 1 aromatic heterocycles. The van der Waals surface area contributed by atoms with E-state index >= 15 is 0 Å². The van der Waals surface area contributed by atoms with Gasteiger partial charge in [0, 0.05) is 12.1 Å². The molecule has 0 aliphatic rings. The molecule has 0 bridgehead atoms. The number of nitro groups is 1. The third kappa shape index (κ3) is 4.98. The summed E-state index contributed by atoms with van der Waals surface area (Å²) in [5.41, 5.74) is 2.38. The summed E-state index contributed by atoms with van der Waals surface area (Å²) in [6.07, 6.45) is 1.04. The first kappa shape index (κ1) is 21.4. The van der Waals surface area contributed by atoms with Gasteiger partial charge in [-0.25, -0.2) is 0 Å². The van der Waals surface area contributed by atoms with Gasteiger partial charge in [-0.3, -0.25) is 19.7 Å². The number of ether oxygens (including phenoxy) is 1. The Bertz CT molecular complexity index is 1160. The molecule has 3 rings (SSSR count). The molecular weight excluding hydrogens is 406 g/mol. The zero-order chi connectivity index (χ0) is 21.7. The van der Waals surface area contributed by atoms with E-state index in [9.17, 15) is 19.7 Å². The summed E-state index contributed by atoms with van der Waals surface area (Å²) in [7, 11) is 0. The number of rotatable bonds is 7. The van der Waals surface area contributed by atoms with E-state index in [0.717, 1.165) is 12.0 Å². The fourth-order valence-electron chi connectivity index (χ4n) is 2.96. The van der Waals surface area contributed by atoms with Gasteiger partial charge in [-0.05, 0) is 30.5 Å². The van der Waals surface area contributed by atoms with Gasteiger partial charge >= 0.3 is 5.97 Å². The summed E-state index contributed by atoms with van der Waals surface area (Å²) in [5.74, 6) is -0.870. The third-order valence-electron chi connectivity index (χ3n) is 4.48. The second kappa shape index (κ2) is 9.45. The van der Waals surface area contributed by atoms with E-state index in [1.807, 2.05) is 24.3 Å². The molecule has 0 saturated carbocycles. The monoisotopic (exact) mass is 427 g/mol. The Hall–Kier alpha value is -3.33. The first-order valence-electron chi connectivity index (χ1n) is 9.50. The molecule has 0 N–H and O–H groups in total. The molecule has 3 aromatic rings. The van der Waals surface area contributed by atoms with Gasteiger partial charge in [-0.15, -0.1) is 0 Å². The van der Waals surface area contributed by atoms with Gasteiger partial charge in [-0.2, -0.15) is 4.99 Å². The number of aryl methyl sites for hydroxylation is 1. The van der Waals surface area contributed by atoms with Crippen LogP contribution in [0.3, 0.4) is 0 Å². The Morgan fingerprint density at radius 3 is 2.47 bits per heavy atom. The lowest BCUT2D eigenvalue weighted by molar-refractivity contribution is -0.384. The van der Waals surface area contributed by atoms with Crippen LogP contribution in [-0.4, -0.2) is 28.0 Å². The molecule has 0 unspecified atom stereocenters. The van der Waals surface area contributed by atoms with E-state index in [2.05, 4.69) is 11.9 Å². The molecule has 0 radical (unpaired) electrons. The standard InChI is InChI=1S/C21H21N3O5S/c1-3-14-5-7-15(8-6-14)11-19(25)22-21-23(13-20(26)29-4-2)17-12-16(24(27)28)9-10-18(17)30-21/h5-10,12H,3-4,11,13H2,1-2H3. The number of fused-ring (bicyclic) bond motifs is 1. The average molecular weight is 427 g/mol. The summed E-state index contributed by atoms with van der Waals surface area (Å²) >= 11 is 1.19. The van der Waals surface area contributed by atoms with E-state index in [0.29, 0.717) is 15.0 Å². The van der Waals surface area contributed by atoms with Crippen LogP contribution in [0.25, 0.3) is 10.2 Å². The third-order valence-corrected chi connectivity index (χ3v) is 5.54. The van der Waals surface area contributed by atoms with Gasteiger partial charge in [0.1, 0.15) is 6.54 Å². The zero-order valence-electron chi connectivity index (χ0n) is 16.7. The van der Waals surface area contributed by atoms with Crippen LogP contribution in [0.4, 0.5) is 5.69 Å². The molecule has 0 aliphatic carbocycles. The molecule has 0 spiro atoms. The smallest absolute Gasteiger partial charge is 0.326 e. The van der Waals surface area contributed by atoms with Crippen molar-refractivity contribution in [2.45, 2.75) is 33.2 Å². The zero-order valence-corrected chi connectivity index (χ0v) is 17.5. The number of carbonyl (C=O) groups is 2. The number of hydrogen-bond acceptors (Lipinski definition) is 6. The van der Waals surface area contributed by atoms with E-state index in [4.69, 9.17) is 4.74 Å². The first-order chi connectivity index (χ1) is 14.4. The van der Waals surface area contributed by atoms with Crippen LogP contribution >= 0.6 is 11.3 Å². The van der Waals surface area contributed by atoms with Crippen LogP contribution in [-0.2, 0) is 33.7 Å². The van der Waals surface area contributed by atoms with Crippen molar-refractivity contribution in [3.63, 3.8) is 0 Å². The summed E-state index contributed by atoms with van der Waals surface area (Å²) in [4.78, 5) is 39.7. The van der Waals surface area contributed by atoms with Gasteiger partial charge in [0.2, 0.25) is 0 Å². The number of nitro benzene ring substituents is 1. The summed E-state index contributed by atoms with van der Waals surface area (Å²) in [5, 5.41) is 11.1. The van der Waals surface area contributed by atoms with Crippen LogP contribution in [0.2, 0.25) is 0 Å². The minimum atomic E-state index is -0.507. The van der Waals surface area contributed by atoms with Gasteiger partial charge in [0.05, 0.1) is 28.2 Å². The summed E-state index contributed by atoms with van der Waals surface area (Å²) < 4.78 is 7.18. The van der Waals surface area contributed by atoms with Crippen molar-refractivity contribution >= 4 is 39.1 Å². The number of esters is 1. The van der Waals surface area contributed by atoms with Crippen LogP contribution in [0, 0.1) is 10.1 Å². The van der Waals surface area contributed by atoms with Gasteiger partial charge in [0.25, 0.3) is 11.6 Å². The minimum Gasteiger partial charge on any atom is -0.465 e. The summed E-state index contributed by atoms with van der Waals surface area (Å²) in [6, 6.07) is 12.1. The van der Waals surface area contributed by atoms with Crippen molar-refractivity contribution in [2.75, 3.05) is 6.61 Å². The highest BCUT2D eigenvalue weighted by molar-refractivity contribution is 7.16. The molecule has 0 atom stereocenters. The highest BCUT2D eigenvalue weighted by atomic mass is 32.1. The number of aromatic nitrogens is 1. The number of hydrogen-bond donors (Lipinski definition) is 0. The quantitative estimate of drug-likeness (QED) is 0.326. The Morgan fingerprint density at radius 2 is 1.83 bits per heavy atom. The van der Waals surface area contributed by atoms with Crippen molar-refractivity contribution in [1.29, 1.82) is 0 Å². The second-order valence-electron chi connectivity index (χ2n) is 6.54. The lowest BCUT2D eigenvalue weighted by Gasteiger charge is -2.05. The van der Waals surface area contributed by atoms with Crippen molar-refractivity contribution in [1.82, 2.24) is 4.57 Å². The number of nitrogens with zero attached hydrogens (tertiary/aromatic N) is 3. The van der Waals surface area contributed by atoms with Crippen LogP contribution in [0.15, 0.2) is 47.5 Å². The molecule has 156 valence electrons. The SMILES string of the molecule is CCOC(=O)Cn1c(=NC(=O)Cc2ccc(CC)cc2)sc2ccc([N+](=O)[O-])cc21. The fourth-order valence-corrected chi connectivity index (χ4v) is 3.99. The molecular formula is C21H21N3O5S. The molecule has 30 heavy (non-hydrogen) atoms. The lowest BCUT2D eigenvalue weighted by Crippen LogP contribution is -2.23. The predicted octanol–water partition coefficient (Wildman–Crippen LogP) is 3.41. The second-order valence-corrected chi connectivity index (χ2v) is 7.55. The van der Waals surface area contributed by atoms with Crippen molar-refractivity contribution in [3.05, 3.63) is 68.5 Å². The number of non-ortho nitro benzene ring substituents is 1. The maximum Gasteiger partial charge on any atom is 0.326 e. The van der Waals surface area contributed by atoms with Crippen molar-refractivity contribution in [3.8, 4) is 0 Å². The number of amides is 1. The van der Waals surface area contributed by atoms with E-state index in [1.165, 1.54) is 33.6 Å². The van der Waals surface area contributed by atoms with E-state index < -0.39 is 10.9 Å². The number of thiazole rings is 1. The Morgan fingerprint density at radius 1 is 1.13 bits per heavy atom. The molecule has 1 amide bonds. The van der Waals surface area contributed by atoms with Crippen LogP contribution < -0.4 is 4.80 Å². The Labute approximate surface area is 176 Å². The number of carbonyl (C=O) groups excluding carboxylic acids is 2. The maximum absolute atomic E-state index is 12.6. The molecule has 9 heteroatoms. The Kier molecular flexibility index (Phi) is 6.73. The maximum atomic E-state index is 12.6. The molecule has 1 heterocycles. The van der Waals surface area contributed by atoms with Crippen LogP contribution in [0.1, 0.15) is 25.0 Å². The average Bonchev–Trinajstić information content (AvgIpc) is 3.04. The normalized spacial score (nSPS) is 11.6. The lowest BCUT2D eigenvalue weighted by atomic mass is 10.1. The van der Waals surface area contributed by atoms with Crippen molar-refractivity contribution in [2.24, 2.45) is 4.99 Å². The topological polar surface area (TPSA) is 104 Å². The Balaban J connectivity index is 2.00. The van der Waals surface area contributed by atoms with E-state index in [-0.39, 0.29) is 31.2 Å². The van der Waals surface area contributed by atoms with Crippen LogP contribution in [0.5, 0.6) is 0 Å². The fraction of sp³-hybridized carbons (Fsp3) is 0.286. The van der Waals surface area contributed by atoms with Gasteiger partial charge in [0.15, 0.2) is 4.80 Å². The minimum absolute atomic E-state index is 0.105. The van der Waals surface area contributed by atoms with E-state index in [1.54, 1.807) is 13.0 Å². The highest BCUT2D eigenvalue weighted by Gasteiger charge is 2.16. The van der Waals surface area contributed by atoms with Gasteiger partial charge < -0.3 is 9.30 Å². The molecule has 2 aromatic carbocycles. The first-order valence-corrected chi connectivity index (χ1v) is 10.3. The highest BCUT2D eigenvalue weighted by Crippen LogP contribution is 2.23. The predicted molar refractivity (Wildman–Crippen MR) is 113 cm³/mol.